The van der Waals surface area contributed by atoms with E-state index in [2.05, 4.69) is 0 Å². The second-order valence-corrected chi connectivity index (χ2v) is 5.93. The largest absolute Gasteiger partial charge is 0.480 e. The number of halogens is 2. The first kappa shape index (κ1) is 15.2. The van der Waals surface area contributed by atoms with Crippen molar-refractivity contribution in [2.45, 2.75) is 13.0 Å². The van der Waals surface area contributed by atoms with E-state index in [4.69, 9.17) is 33.4 Å². The van der Waals surface area contributed by atoms with E-state index in [0.717, 1.165) is 11.3 Å². The maximum atomic E-state index is 10.7. The zero-order chi connectivity index (χ0) is 13.9. The zero-order valence-electron chi connectivity index (χ0n) is 9.39. The van der Waals surface area contributed by atoms with Crippen LogP contribution in [-0.4, -0.2) is 40.1 Å². The Morgan fingerprint density at radius 2 is 1.83 bits per heavy atom. The number of carboxylic acid groups (broad SMARTS) is 2. The first-order chi connectivity index (χ1) is 8.31. The quantitative estimate of drug-likeness (QED) is 0.844. The van der Waals surface area contributed by atoms with Gasteiger partial charge in [0.2, 0.25) is 0 Å². The van der Waals surface area contributed by atoms with Gasteiger partial charge in [-0.25, -0.2) is 0 Å². The van der Waals surface area contributed by atoms with Crippen LogP contribution in [-0.2, 0) is 9.59 Å². The summed E-state index contributed by atoms with van der Waals surface area (Å²) in [5.74, 6) is -2.19. The summed E-state index contributed by atoms with van der Waals surface area (Å²) < 4.78 is 0.917. The van der Waals surface area contributed by atoms with Gasteiger partial charge in [0.25, 0.3) is 0 Å². The molecule has 1 heterocycles. The maximum Gasteiger partial charge on any atom is 0.317 e. The molecule has 0 saturated heterocycles. The van der Waals surface area contributed by atoms with Crippen molar-refractivity contribution in [2.75, 3.05) is 13.1 Å². The van der Waals surface area contributed by atoms with Crippen molar-refractivity contribution < 1.29 is 19.8 Å². The minimum absolute atomic E-state index is 0.378. The molecule has 2 N–H and O–H groups in total. The average Bonchev–Trinajstić information content (AvgIpc) is 2.54. The lowest BCUT2D eigenvalue weighted by atomic mass is 10.1. The van der Waals surface area contributed by atoms with E-state index in [1.54, 1.807) is 13.0 Å². The fourth-order valence-corrected chi connectivity index (χ4v) is 3.15. The molecule has 1 rings (SSSR count). The lowest BCUT2D eigenvalue weighted by Crippen LogP contribution is -2.36. The summed E-state index contributed by atoms with van der Waals surface area (Å²) in [7, 11) is 0. The number of aliphatic carboxylic acids is 2. The summed E-state index contributed by atoms with van der Waals surface area (Å²) in [5, 5.41) is 17.6. The van der Waals surface area contributed by atoms with Gasteiger partial charge in [-0.15, -0.1) is 11.3 Å². The standard InChI is InChI=1S/C10H11Cl2NO4S/c1-5(6-2-7(11)18-10(6)12)13(3-8(14)15)4-9(16)17/h2,5H,3-4H2,1H3,(H,14,15)(H,16,17). The fourth-order valence-electron chi connectivity index (χ4n) is 1.51. The fraction of sp³-hybridized carbons (Fsp3) is 0.400. The molecule has 18 heavy (non-hydrogen) atoms. The number of hydrogen-bond acceptors (Lipinski definition) is 4. The van der Waals surface area contributed by atoms with Gasteiger partial charge in [-0.3, -0.25) is 14.5 Å². The van der Waals surface area contributed by atoms with E-state index in [9.17, 15) is 9.59 Å². The van der Waals surface area contributed by atoms with E-state index in [1.165, 1.54) is 4.90 Å². The highest BCUT2D eigenvalue weighted by Gasteiger charge is 2.24. The van der Waals surface area contributed by atoms with E-state index >= 15 is 0 Å². The van der Waals surface area contributed by atoms with E-state index < -0.39 is 18.0 Å². The Bertz CT molecular complexity index is 447. The summed E-state index contributed by atoms with van der Waals surface area (Å²) in [5.41, 5.74) is 0.633. The van der Waals surface area contributed by atoms with Crippen molar-refractivity contribution in [1.29, 1.82) is 0 Å². The summed E-state index contributed by atoms with van der Waals surface area (Å²) in [6.07, 6.45) is 0. The van der Waals surface area contributed by atoms with E-state index in [1.807, 2.05) is 0 Å². The molecule has 1 aromatic heterocycles. The van der Waals surface area contributed by atoms with Crippen LogP contribution in [0, 0.1) is 0 Å². The molecule has 0 bridgehead atoms. The van der Waals surface area contributed by atoms with Crippen molar-refractivity contribution in [2.24, 2.45) is 0 Å². The summed E-state index contributed by atoms with van der Waals surface area (Å²) in [6.45, 7) is 0.935. The monoisotopic (exact) mass is 311 g/mol. The van der Waals surface area contributed by atoms with Crippen LogP contribution in [0.4, 0.5) is 0 Å². The number of rotatable bonds is 6. The minimum Gasteiger partial charge on any atom is -0.480 e. The summed E-state index contributed by atoms with van der Waals surface area (Å²) in [4.78, 5) is 22.8. The highest BCUT2D eigenvalue weighted by atomic mass is 35.5. The molecule has 8 heteroatoms. The second-order valence-electron chi connectivity index (χ2n) is 3.65. The van der Waals surface area contributed by atoms with Gasteiger partial charge in [0.15, 0.2) is 0 Å². The van der Waals surface area contributed by atoms with Gasteiger partial charge in [-0.05, 0) is 13.0 Å². The molecule has 0 amide bonds. The molecule has 0 aromatic carbocycles. The van der Waals surface area contributed by atoms with Crippen LogP contribution in [0.5, 0.6) is 0 Å². The molecule has 100 valence electrons. The Labute approximate surface area is 118 Å². The predicted molar refractivity (Wildman–Crippen MR) is 69.6 cm³/mol. The topological polar surface area (TPSA) is 77.8 Å². The third-order valence-corrected chi connectivity index (χ3v) is 3.88. The first-order valence-corrected chi connectivity index (χ1v) is 6.51. The summed E-state index contributed by atoms with van der Waals surface area (Å²) >= 11 is 12.9. The van der Waals surface area contributed by atoms with Gasteiger partial charge in [-0.1, -0.05) is 23.2 Å². The SMILES string of the molecule is CC(c1cc(Cl)sc1Cl)N(CC(=O)O)CC(=O)O. The van der Waals surface area contributed by atoms with E-state index in [0.29, 0.717) is 14.2 Å². The lowest BCUT2D eigenvalue weighted by molar-refractivity contribution is -0.142. The Morgan fingerprint density at radius 3 is 2.17 bits per heavy atom. The van der Waals surface area contributed by atoms with Crippen LogP contribution >= 0.6 is 34.5 Å². The Balaban J connectivity index is 2.93. The van der Waals surface area contributed by atoms with Gasteiger partial charge < -0.3 is 10.2 Å². The molecule has 0 fully saturated rings. The smallest absolute Gasteiger partial charge is 0.317 e. The summed E-state index contributed by atoms with van der Waals surface area (Å²) in [6, 6.07) is 1.18. The van der Waals surface area contributed by atoms with Gasteiger partial charge in [-0.2, -0.15) is 0 Å². The zero-order valence-corrected chi connectivity index (χ0v) is 11.7. The van der Waals surface area contributed by atoms with Crippen molar-refractivity contribution in [3.63, 3.8) is 0 Å². The third kappa shape index (κ3) is 4.13. The molecular formula is C10H11Cl2NO4S. The molecule has 1 unspecified atom stereocenters. The predicted octanol–water partition coefficient (Wildman–Crippen LogP) is 2.59. The molecule has 0 saturated carbocycles. The number of thiophene rings is 1. The second kappa shape index (κ2) is 6.38. The number of nitrogens with zero attached hydrogens (tertiary/aromatic N) is 1. The third-order valence-electron chi connectivity index (χ3n) is 2.36. The van der Waals surface area contributed by atoms with Crippen LogP contribution in [0.1, 0.15) is 18.5 Å². The number of carbonyl (C=O) groups is 2. The molecule has 0 aliphatic heterocycles. The Hall–Kier alpha value is -0.820. The maximum absolute atomic E-state index is 10.7. The van der Waals surface area contributed by atoms with Gasteiger partial charge in [0.1, 0.15) is 0 Å². The molecule has 1 atom stereocenters. The van der Waals surface area contributed by atoms with Crippen LogP contribution in [0.3, 0.4) is 0 Å². The minimum atomic E-state index is -1.10. The van der Waals surface area contributed by atoms with Gasteiger partial charge in [0, 0.05) is 11.6 Å². The van der Waals surface area contributed by atoms with Crippen molar-refractivity contribution in [1.82, 2.24) is 4.90 Å². The molecule has 5 nitrogen and oxygen atoms in total. The highest BCUT2D eigenvalue weighted by molar-refractivity contribution is 7.20. The molecular weight excluding hydrogens is 301 g/mol. The molecule has 0 radical (unpaired) electrons. The first-order valence-electron chi connectivity index (χ1n) is 4.93. The van der Waals surface area contributed by atoms with Gasteiger partial charge in [0.05, 0.1) is 21.8 Å². The van der Waals surface area contributed by atoms with Crippen molar-refractivity contribution in [3.8, 4) is 0 Å². The molecule has 0 spiro atoms. The average molecular weight is 312 g/mol. The number of hydrogen-bond donors (Lipinski definition) is 2. The van der Waals surface area contributed by atoms with E-state index in [-0.39, 0.29) is 13.1 Å². The van der Waals surface area contributed by atoms with Crippen LogP contribution < -0.4 is 0 Å². The number of carboxylic acids is 2. The Kier molecular flexibility index (Phi) is 5.40. The normalized spacial score (nSPS) is 12.7. The van der Waals surface area contributed by atoms with Gasteiger partial charge >= 0.3 is 11.9 Å². The van der Waals surface area contributed by atoms with Crippen LogP contribution in [0.25, 0.3) is 0 Å². The van der Waals surface area contributed by atoms with Crippen molar-refractivity contribution in [3.05, 3.63) is 20.3 Å². The molecule has 0 aliphatic rings. The molecule has 1 aromatic rings. The van der Waals surface area contributed by atoms with Crippen LogP contribution in [0.2, 0.25) is 8.67 Å². The van der Waals surface area contributed by atoms with Crippen LogP contribution in [0.15, 0.2) is 6.07 Å². The Morgan fingerprint density at radius 1 is 1.33 bits per heavy atom. The lowest BCUT2D eigenvalue weighted by Gasteiger charge is -2.25. The molecule has 0 aliphatic carbocycles. The highest BCUT2D eigenvalue weighted by Crippen LogP contribution is 2.36. The van der Waals surface area contributed by atoms with Crippen molar-refractivity contribution >= 4 is 46.5 Å².